The molecule has 0 aromatic heterocycles. The third kappa shape index (κ3) is 6.98. The second-order valence-corrected chi connectivity index (χ2v) is 12.8. The van der Waals surface area contributed by atoms with Crippen LogP contribution in [0.3, 0.4) is 0 Å². The lowest BCUT2D eigenvalue weighted by molar-refractivity contribution is 1.45. The minimum Gasteiger partial charge on any atom is -0.129 e. The van der Waals surface area contributed by atoms with E-state index >= 15 is 0 Å². The van der Waals surface area contributed by atoms with Crippen molar-refractivity contribution in [1.29, 1.82) is 0 Å². The molecule has 0 saturated carbocycles. The van der Waals surface area contributed by atoms with Crippen LogP contribution < -0.4 is 0 Å². The van der Waals surface area contributed by atoms with E-state index in [1.54, 1.807) is 0 Å². The van der Waals surface area contributed by atoms with Gasteiger partial charge >= 0.3 is 0 Å². The summed E-state index contributed by atoms with van der Waals surface area (Å²) in [5.41, 5.74) is 0. The topological polar surface area (TPSA) is 0 Å². The number of hydrogen-bond acceptors (Lipinski definition) is 3. The summed E-state index contributed by atoms with van der Waals surface area (Å²) in [5.74, 6) is 0. The summed E-state index contributed by atoms with van der Waals surface area (Å²) in [6, 6.07) is 32.4. The summed E-state index contributed by atoms with van der Waals surface area (Å²) < 4.78 is 0. The van der Waals surface area contributed by atoms with Gasteiger partial charge in [-0.1, -0.05) is 54.6 Å². The molecule has 0 aliphatic carbocycles. The Morgan fingerprint density at radius 1 is 0.440 bits per heavy atom. The van der Waals surface area contributed by atoms with Gasteiger partial charge in [0.15, 0.2) is 0 Å². The van der Waals surface area contributed by atoms with Gasteiger partial charge in [0, 0.05) is 14.7 Å². The Hall–Kier alpha value is -1.07. The zero-order valence-electron chi connectivity index (χ0n) is 14.0. The van der Waals surface area contributed by atoms with Gasteiger partial charge in [0.1, 0.15) is 0 Å². The predicted molar refractivity (Wildman–Crippen MR) is 117 cm³/mol. The lowest BCUT2D eigenvalue weighted by Gasteiger charge is -2.14. The summed E-state index contributed by atoms with van der Waals surface area (Å²) in [5, 5.41) is 3.77. The van der Waals surface area contributed by atoms with Crippen LogP contribution in [0.2, 0.25) is 0 Å². The molecule has 25 heavy (non-hydrogen) atoms. The van der Waals surface area contributed by atoms with Crippen LogP contribution in [-0.2, 0) is 0 Å². The molecule has 1 radical (unpaired) electrons. The number of hydrogen-bond donors (Lipinski definition) is 0. The molecule has 0 aliphatic rings. The lowest BCUT2D eigenvalue weighted by atomic mass is 10.4. The third-order valence-electron chi connectivity index (χ3n) is 3.56. The maximum atomic E-state index is 2.22. The Kier molecular flexibility index (Phi) is 8.09. The van der Waals surface area contributed by atoms with Crippen molar-refractivity contribution in [3.63, 3.8) is 0 Å². The first-order chi connectivity index (χ1) is 12.4. The van der Waals surface area contributed by atoms with Crippen LogP contribution in [0.25, 0.3) is 0 Å². The molecule has 0 spiro atoms. The van der Waals surface area contributed by atoms with Crippen molar-refractivity contribution in [2.24, 2.45) is 0 Å². The van der Waals surface area contributed by atoms with Gasteiger partial charge in [-0.25, -0.2) is 0 Å². The summed E-state index contributed by atoms with van der Waals surface area (Å²) in [6.07, 6.45) is 0. The fourth-order valence-corrected chi connectivity index (χ4v) is 11.0. The molecule has 127 valence electrons. The van der Waals surface area contributed by atoms with Gasteiger partial charge in [0.2, 0.25) is 0 Å². The predicted octanol–water partition coefficient (Wildman–Crippen LogP) is 6.48. The van der Waals surface area contributed by atoms with Crippen LogP contribution in [0.1, 0.15) is 0 Å². The zero-order chi connectivity index (χ0) is 17.2. The van der Waals surface area contributed by atoms with Crippen LogP contribution in [0, 0.1) is 0 Å². The fourth-order valence-electron chi connectivity index (χ4n) is 2.23. The average molecular weight is 398 g/mol. The first-order valence-electron chi connectivity index (χ1n) is 8.27. The SMILES string of the molecule is c1ccc(SC[Si](CSc2ccccc2)CSc2ccccc2)cc1. The summed E-state index contributed by atoms with van der Waals surface area (Å²) in [6.45, 7) is 0. The van der Waals surface area contributed by atoms with E-state index < -0.39 is 8.80 Å². The molecule has 0 fully saturated rings. The Morgan fingerprint density at radius 2 is 0.720 bits per heavy atom. The second kappa shape index (κ2) is 10.8. The molecule has 0 atom stereocenters. The van der Waals surface area contributed by atoms with E-state index in [2.05, 4.69) is 91.0 Å². The van der Waals surface area contributed by atoms with Crippen LogP contribution in [0.4, 0.5) is 0 Å². The Bertz CT molecular complexity index is 616. The standard InChI is InChI=1S/C21H21S3Si/c1-4-10-19(11-5-1)22-16-25(17-23-20-12-6-2-7-13-20)18-24-21-14-8-3-9-15-21/h1-15H,16-18H2. The molecule has 3 rings (SSSR count). The largest absolute Gasteiger partial charge is 0.129 e. The van der Waals surface area contributed by atoms with Crippen molar-refractivity contribution in [2.45, 2.75) is 14.7 Å². The molecule has 4 heteroatoms. The van der Waals surface area contributed by atoms with Crippen LogP contribution in [0.5, 0.6) is 0 Å². The van der Waals surface area contributed by atoms with Crippen LogP contribution in [-0.4, -0.2) is 24.9 Å². The first kappa shape index (κ1) is 18.7. The summed E-state index contributed by atoms with van der Waals surface area (Å²) >= 11 is 6.05. The minimum absolute atomic E-state index is 0.449. The second-order valence-electron chi connectivity index (χ2n) is 5.56. The molecule has 0 bridgehead atoms. The molecule has 0 unspecified atom stereocenters. The highest BCUT2D eigenvalue weighted by atomic mass is 32.2. The monoisotopic (exact) mass is 397 g/mol. The highest BCUT2D eigenvalue weighted by molar-refractivity contribution is 8.04. The Balaban J connectivity index is 1.56. The highest BCUT2D eigenvalue weighted by Gasteiger charge is 2.13. The third-order valence-corrected chi connectivity index (χ3v) is 12.0. The van der Waals surface area contributed by atoms with Gasteiger partial charge in [0.05, 0.1) is 8.80 Å². The van der Waals surface area contributed by atoms with Gasteiger partial charge in [-0.2, -0.15) is 0 Å². The first-order valence-corrected chi connectivity index (χ1v) is 13.3. The number of rotatable bonds is 9. The number of thioether (sulfide) groups is 3. The molecular formula is C21H21S3Si. The fraction of sp³-hybridized carbons (Fsp3) is 0.143. The summed E-state index contributed by atoms with van der Waals surface area (Å²) in [4.78, 5) is 4.17. The zero-order valence-corrected chi connectivity index (χ0v) is 17.5. The van der Waals surface area contributed by atoms with E-state index in [0.29, 0.717) is 0 Å². The van der Waals surface area contributed by atoms with E-state index in [4.69, 9.17) is 0 Å². The maximum absolute atomic E-state index is 2.22. The van der Waals surface area contributed by atoms with E-state index in [1.807, 2.05) is 35.3 Å². The van der Waals surface area contributed by atoms with Gasteiger partial charge in [-0.05, 0) is 52.5 Å². The quantitative estimate of drug-likeness (QED) is 0.300. The molecule has 0 saturated heterocycles. The van der Waals surface area contributed by atoms with Crippen LogP contribution >= 0.6 is 35.3 Å². The maximum Gasteiger partial charge on any atom is 0.0826 e. The van der Waals surface area contributed by atoms with Crippen molar-refractivity contribution >= 4 is 44.1 Å². The molecule has 0 heterocycles. The molecule has 0 amide bonds. The van der Waals surface area contributed by atoms with Crippen LogP contribution in [0.15, 0.2) is 106 Å². The van der Waals surface area contributed by atoms with Gasteiger partial charge in [-0.3, -0.25) is 0 Å². The minimum atomic E-state index is -0.449. The molecule has 0 aliphatic heterocycles. The van der Waals surface area contributed by atoms with Gasteiger partial charge in [-0.15, -0.1) is 35.3 Å². The van der Waals surface area contributed by atoms with E-state index in [0.717, 1.165) is 0 Å². The van der Waals surface area contributed by atoms with Crippen molar-refractivity contribution in [2.75, 3.05) is 16.1 Å². The number of benzene rings is 3. The summed E-state index contributed by atoms with van der Waals surface area (Å²) in [7, 11) is -0.449. The molecule has 0 N–H and O–H groups in total. The highest BCUT2D eigenvalue weighted by Crippen LogP contribution is 2.25. The van der Waals surface area contributed by atoms with E-state index in [9.17, 15) is 0 Å². The molecule has 3 aromatic rings. The molecule has 3 aromatic carbocycles. The molecular weight excluding hydrogens is 377 g/mol. The Labute approximate surface area is 165 Å². The van der Waals surface area contributed by atoms with Crippen molar-refractivity contribution < 1.29 is 0 Å². The van der Waals surface area contributed by atoms with Gasteiger partial charge < -0.3 is 0 Å². The van der Waals surface area contributed by atoms with Crippen molar-refractivity contribution in [3.8, 4) is 0 Å². The van der Waals surface area contributed by atoms with Crippen molar-refractivity contribution in [1.82, 2.24) is 0 Å². The van der Waals surface area contributed by atoms with Gasteiger partial charge in [0.25, 0.3) is 0 Å². The van der Waals surface area contributed by atoms with E-state index in [1.165, 1.54) is 30.8 Å². The Morgan fingerprint density at radius 3 is 1.00 bits per heavy atom. The normalized spacial score (nSPS) is 10.9. The van der Waals surface area contributed by atoms with Crippen molar-refractivity contribution in [3.05, 3.63) is 91.0 Å². The lowest BCUT2D eigenvalue weighted by Crippen LogP contribution is -2.24. The van der Waals surface area contributed by atoms with E-state index in [-0.39, 0.29) is 0 Å². The molecule has 0 nitrogen and oxygen atoms in total. The average Bonchev–Trinajstić information content (AvgIpc) is 2.70. The smallest absolute Gasteiger partial charge is 0.0826 e.